The summed E-state index contributed by atoms with van der Waals surface area (Å²) in [5, 5.41) is 11.1. The van der Waals surface area contributed by atoms with Gasteiger partial charge in [0.05, 0.1) is 11.3 Å². The molecule has 0 aliphatic carbocycles. The lowest BCUT2D eigenvalue weighted by Gasteiger charge is -1.93. The third kappa shape index (κ3) is 1.42. The summed E-state index contributed by atoms with van der Waals surface area (Å²) in [6.07, 6.45) is 1.19. The van der Waals surface area contributed by atoms with E-state index in [0.29, 0.717) is 0 Å². The molecule has 0 amide bonds. The van der Waals surface area contributed by atoms with Crippen molar-refractivity contribution in [3.8, 4) is 0 Å². The molecular formula is C6H7N3O3. The maximum absolute atomic E-state index is 11.0. The largest absolute Gasteiger partial charge is 0.411 e. The molecule has 1 rings (SSSR count). The van der Waals surface area contributed by atoms with Crippen LogP contribution in [0.2, 0.25) is 0 Å². The lowest BCUT2D eigenvalue weighted by Crippen LogP contribution is -2.26. The van der Waals surface area contributed by atoms with Crippen LogP contribution in [0.15, 0.2) is 20.9 Å². The molecule has 0 saturated carbocycles. The van der Waals surface area contributed by atoms with Gasteiger partial charge >= 0.3 is 5.69 Å². The number of oxime groups is 1. The first-order valence-electron chi connectivity index (χ1n) is 3.16. The fourth-order valence-electron chi connectivity index (χ4n) is 0.732. The van der Waals surface area contributed by atoms with Crippen LogP contribution in [0, 0.1) is 0 Å². The van der Waals surface area contributed by atoms with Crippen LogP contribution in [-0.4, -0.2) is 20.9 Å². The van der Waals surface area contributed by atoms with Gasteiger partial charge in [-0.2, -0.15) is 0 Å². The molecule has 1 aromatic heterocycles. The van der Waals surface area contributed by atoms with Gasteiger partial charge in [-0.1, -0.05) is 5.16 Å². The molecule has 0 aliphatic rings. The molecule has 0 radical (unpaired) electrons. The van der Waals surface area contributed by atoms with Gasteiger partial charge in [0.1, 0.15) is 0 Å². The zero-order valence-electron chi connectivity index (χ0n) is 6.29. The van der Waals surface area contributed by atoms with Gasteiger partial charge in [-0.3, -0.25) is 9.78 Å². The zero-order chi connectivity index (χ0) is 9.14. The molecule has 12 heavy (non-hydrogen) atoms. The number of aromatic amines is 2. The number of nitrogens with one attached hydrogen (secondary N) is 2. The summed E-state index contributed by atoms with van der Waals surface area (Å²) < 4.78 is 0. The highest BCUT2D eigenvalue weighted by Crippen LogP contribution is 1.87. The van der Waals surface area contributed by atoms with Crippen molar-refractivity contribution in [3.05, 3.63) is 32.6 Å². The second-order valence-corrected chi connectivity index (χ2v) is 2.17. The van der Waals surface area contributed by atoms with Gasteiger partial charge in [0.2, 0.25) is 0 Å². The fourth-order valence-corrected chi connectivity index (χ4v) is 0.732. The van der Waals surface area contributed by atoms with Crippen molar-refractivity contribution in [1.29, 1.82) is 0 Å². The van der Waals surface area contributed by atoms with Crippen molar-refractivity contribution in [3.63, 3.8) is 0 Å². The minimum Gasteiger partial charge on any atom is -0.411 e. The van der Waals surface area contributed by atoms with E-state index in [4.69, 9.17) is 5.21 Å². The number of nitrogens with zero attached hydrogens (tertiary/aromatic N) is 1. The Hall–Kier alpha value is -1.85. The van der Waals surface area contributed by atoms with Crippen LogP contribution in [0.5, 0.6) is 0 Å². The molecule has 0 fully saturated rings. The van der Waals surface area contributed by atoms with Crippen molar-refractivity contribution in [2.24, 2.45) is 5.16 Å². The molecule has 1 heterocycles. The van der Waals surface area contributed by atoms with E-state index in [1.165, 1.54) is 13.1 Å². The molecule has 6 nitrogen and oxygen atoms in total. The minimum absolute atomic E-state index is 0.136. The van der Waals surface area contributed by atoms with Gasteiger partial charge in [-0.25, -0.2) is 4.79 Å². The SMILES string of the molecule is C/C(=N/O)c1c[nH]c(=O)[nH]c1=O. The third-order valence-corrected chi connectivity index (χ3v) is 1.36. The Bertz CT molecular complexity index is 415. The van der Waals surface area contributed by atoms with E-state index in [9.17, 15) is 9.59 Å². The summed E-state index contributed by atoms with van der Waals surface area (Å²) in [6.45, 7) is 1.45. The number of hydrogen-bond acceptors (Lipinski definition) is 4. The highest BCUT2D eigenvalue weighted by atomic mass is 16.4. The quantitative estimate of drug-likeness (QED) is 0.293. The third-order valence-electron chi connectivity index (χ3n) is 1.36. The molecule has 64 valence electrons. The summed E-state index contributed by atoms with van der Waals surface area (Å²) in [5.74, 6) is 0. The van der Waals surface area contributed by atoms with Crippen LogP contribution in [0.1, 0.15) is 12.5 Å². The smallest absolute Gasteiger partial charge is 0.325 e. The van der Waals surface area contributed by atoms with Crippen molar-refractivity contribution >= 4 is 5.71 Å². The molecular weight excluding hydrogens is 162 g/mol. The molecule has 3 N–H and O–H groups in total. The van der Waals surface area contributed by atoms with Crippen LogP contribution < -0.4 is 11.2 Å². The van der Waals surface area contributed by atoms with E-state index in [-0.39, 0.29) is 11.3 Å². The summed E-state index contributed by atoms with van der Waals surface area (Å²) in [6, 6.07) is 0. The number of rotatable bonds is 1. The average Bonchev–Trinajstić information content (AvgIpc) is 2.03. The van der Waals surface area contributed by atoms with Gasteiger partial charge in [0.25, 0.3) is 5.56 Å². The first-order chi connectivity index (χ1) is 5.65. The van der Waals surface area contributed by atoms with E-state index < -0.39 is 11.2 Å². The Labute approximate surface area is 66.6 Å². The average molecular weight is 169 g/mol. The standard InChI is InChI=1S/C6H7N3O3/c1-3(9-12)4-2-7-6(11)8-5(4)10/h2,12H,1H3,(H2,7,8,10,11)/b9-3-. The van der Waals surface area contributed by atoms with E-state index in [2.05, 4.69) is 10.1 Å². The molecule has 0 bridgehead atoms. The van der Waals surface area contributed by atoms with Crippen LogP contribution in [-0.2, 0) is 0 Å². The predicted molar refractivity (Wildman–Crippen MR) is 41.7 cm³/mol. The highest BCUT2D eigenvalue weighted by molar-refractivity contribution is 5.97. The molecule has 0 unspecified atom stereocenters. The van der Waals surface area contributed by atoms with Crippen LogP contribution >= 0.6 is 0 Å². The molecule has 6 heteroatoms. The summed E-state index contributed by atoms with van der Waals surface area (Å²) in [7, 11) is 0. The van der Waals surface area contributed by atoms with E-state index in [1.807, 2.05) is 4.98 Å². The second-order valence-electron chi connectivity index (χ2n) is 2.17. The lowest BCUT2D eigenvalue weighted by atomic mass is 10.2. The topological polar surface area (TPSA) is 98.3 Å². The van der Waals surface area contributed by atoms with Gasteiger partial charge in [-0.15, -0.1) is 0 Å². The van der Waals surface area contributed by atoms with Gasteiger partial charge in [0.15, 0.2) is 0 Å². The number of hydrogen-bond donors (Lipinski definition) is 3. The molecule has 0 atom stereocenters. The van der Waals surface area contributed by atoms with Crippen LogP contribution in [0.3, 0.4) is 0 Å². The van der Waals surface area contributed by atoms with Crippen LogP contribution in [0.25, 0.3) is 0 Å². The normalized spacial score (nSPS) is 11.6. The Balaban J connectivity index is 3.38. The Morgan fingerprint density at radius 2 is 2.25 bits per heavy atom. The predicted octanol–water partition coefficient (Wildman–Crippen LogP) is -0.739. The Kier molecular flexibility index (Phi) is 2.09. The molecule has 1 aromatic rings. The van der Waals surface area contributed by atoms with Gasteiger partial charge in [0, 0.05) is 6.20 Å². The molecule has 0 saturated heterocycles. The fraction of sp³-hybridized carbons (Fsp3) is 0.167. The van der Waals surface area contributed by atoms with Crippen molar-refractivity contribution < 1.29 is 5.21 Å². The van der Waals surface area contributed by atoms with E-state index >= 15 is 0 Å². The van der Waals surface area contributed by atoms with Crippen molar-refractivity contribution in [1.82, 2.24) is 9.97 Å². The first kappa shape index (κ1) is 8.25. The van der Waals surface area contributed by atoms with E-state index in [0.717, 1.165) is 0 Å². The minimum atomic E-state index is -0.588. The molecule has 0 spiro atoms. The summed E-state index contributed by atoms with van der Waals surface area (Å²) in [4.78, 5) is 25.8. The highest BCUT2D eigenvalue weighted by Gasteiger charge is 2.02. The summed E-state index contributed by atoms with van der Waals surface area (Å²) >= 11 is 0. The van der Waals surface area contributed by atoms with Gasteiger partial charge < -0.3 is 10.2 Å². The lowest BCUT2D eigenvalue weighted by molar-refractivity contribution is 0.319. The van der Waals surface area contributed by atoms with Gasteiger partial charge in [-0.05, 0) is 6.92 Å². The van der Waals surface area contributed by atoms with E-state index in [1.54, 1.807) is 0 Å². The Morgan fingerprint density at radius 1 is 1.58 bits per heavy atom. The Morgan fingerprint density at radius 3 is 2.75 bits per heavy atom. The van der Waals surface area contributed by atoms with Crippen molar-refractivity contribution in [2.45, 2.75) is 6.92 Å². The number of aromatic nitrogens is 2. The zero-order valence-corrected chi connectivity index (χ0v) is 6.29. The molecule has 0 aliphatic heterocycles. The van der Waals surface area contributed by atoms with Crippen molar-refractivity contribution in [2.75, 3.05) is 0 Å². The number of H-pyrrole nitrogens is 2. The maximum atomic E-state index is 11.0. The monoisotopic (exact) mass is 169 g/mol. The maximum Gasteiger partial charge on any atom is 0.325 e. The molecule has 0 aromatic carbocycles. The van der Waals surface area contributed by atoms with Crippen LogP contribution in [0.4, 0.5) is 0 Å². The first-order valence-corrected chi connectivity index (χ1v) is 3.16. The summed E-state index contributed by atoms with van der Waals surface area (Å²) in [5.41, 5.74) is -0.881. The second kappa shape index (κ2) is 3.04.